The topological polar surface area (TPSA) is 88.1 Å². The largest absolute Gasteiger partial charge is 0.379 e. The van der Waals surface area contributed by atoms with E-state index in [1.165, 1.54) is 22.0 Å². The van der Waals surface area contributed by atoms with Gasteiger partial charge >= 0.3 is 0 Å². The average molecular weight is 413 g/mol. The second-order valence-electron chi connectivity index (χ2n) is 7.05. The number of sulfonamides is 1. The van der Waals surface area contributed by atoms with Gasteiger partial charge in [0.2, 0.25) is 10.0 Å². The van der Waals surface area contributed by atoms with E-state index in [0.717, 1.165) is 30.5 Å². The van der Waals surface area contributed by atoms with Crippen molar-refractivity contribution in [2.75, 3.05) is 26.3 Å². The van der Waals surface area contributed by atoms with Gasteiger partial charge in [-0.05, 0) is 43.0 Å². The van der Waals surface area contributed by atoms with Crippen LogP contribution in [0.5, 0.6) is 0 Å². The van der Waals surface area contributed by atoms with Crippen molar-refractivity contribution in [3.63, 3.8) is 0 Å². The Morgan fingerprint density at radius 2 is 1.83 bits per heavy atom. The van der Waals surface area contributed by atoms with Crippen LogP contribution in [0.1, 0.15) is 34.3 Å². The van der Waals surface area contributed by atoms with Gasteiger partial charge in [0, 0.05) is 24.2 Å². The van der Waals surface area contributed by atoms with Gasteiger partial charge in [-0.2, -0.15) is 9.41 Å². The van der Waals surface area contributed by atoms with Crippen LogP contribution in [0.3, 0.4) is 0 Å². The fourth-order valence-corrected chi connectivity index (χ4v) is 5.09. The Morgan fingerprint density at radius 1 is 1.03 bits per heavy atom. The quantitative estimate of drug-likeness (QED) is 0.778. The van der Waals surface area contributed by atoms with E-state index in [-0.39, 0.29) is 10.5 Å². The molecule has 152 valence electrons. The van der Waals surface area contributed by atoms with Crippen LogP contribution in [0.15, 0.2) is 58.5 Å². The van der Waals surface area contributed by atoms with Gasteiger partial charge in [-0.25, -0.2) is 13.8 Å². The van der Waals surface area contributed by atoms with E-state index in [0.29, 0.717) is 26.3 Å². The van der Waals surface area contributed by atoms with Gasteiger partial charge in [-0.1, -0.05) is 30.3 Å². The highest BCUT2D eigenvalue weighted by molar-refractivity contribution is 7.89. The van der Waals surface area contributed by atoms with Gasteiger partial charge in [-0.3, -0.25) is 4.79 Å². The summed E-state index contributed by atoms with van der Waals surface area (Å²) in [6.45, 7) is 1.37. The zero-order chi connectivity index (χ0) is 20.3. The standard InChI is InChI=1S/C21H23N3O4S/c25-21(23-22-20-10-4-6-16-5-1-2-9-19(16)20)17-7-3-8-18(15-17)29(26,27)24-11-13-28-14-12-24/h1-3,5,7-9,15H,4,6,10-14H2,(H,23,25)/b22-20+. The second-order valence-corrected chi connectivity index (χ2v) is 8.99. The van der Waals surface area contributed by atoms with Crippen LogP contribution in [0, 0.1) is 0 Å². The van der Waals surface area contributed by atoms with Crippen LogP contribution >= 0.6 is 0 Å². The Bertz CT molecular complexity index is 1040. The fraction of sp³-hybridized carbons (Fsp3) is 0.333. The minimum atomic E-state index is -3.66. The van der Waals surface area contributed by atoms with E-state index >= 15 is 0 Å². The number of aryl methyl sites for hydroxylation is 1. The minimum absolute atomic E-state index is 0.0997. The first-order valence-electron chi connectivity index (χ1n) is 9.69. The SMILES string of the molecule is O=C(N/N=C1\CCCc2ccccc21)c1cccc(S(=O)(=O)N2CCOCC2)c1. The van der Waals surface area contributed by atoms with Crippen LogP contribution in [-0.4, -0.2) is 50.6 Å². The summed E-state index contributed by atoms with van der Waals surface area (Å²) in [5.41, 5.74) is 5.98. The molecule has 0 bridgehead atoms. The Hall–Kier alpha value is -2.55. The number of carbonyl (C=O) groups excluding carboxylic acids is 1. The van der Waals surface area contributed by atoms with Crippen molar-refractivity contribution in [1.29, 1.82) is 0 Å². The number of nitrogens with one attached hydrogen (secondary N) is 1. The lowest BCUT2D eigenvalue weighted by Gasteiger charge is -2.26. The highest BCUT2D eigenvalue weighted by atomic mass is 32.2. The van der Waals surface area contributed by atoms with E-state index in [1.807, 2.05) is 18.2 Å². The molecule has 29 heavy (non-hydrogen) atoms. The molecule has 0 aromatic heterocycles. The molecule has 8 heteroatoms. The number of amides is 1. The molecule has 0 spiro atoms. The Kier molecular flexibility index (Phi) is 5.75. The lowest BCUT2D eigenvalue weighted by Crippen LogP contribution is -2.40. The molecule has 1 N–H and O–H groups in total. The third-order valence-corrected chi connectivity index (χ3v) is 7.08. The van der Waals surface area contributed by atoms with Gasteiger partial charge < -0.3 is 4.74 Å². The van der Waals surface area contributed by atoms with Crippen molar-refractivity contribution in [2.45, 2.75) is 24.2 Å². The maximum Gasteiger partial charge on any atom is 0.271 e. The van der Waals surface area contributed by atoms with Gasteiger partial charge in [0.25, 0.3) is 5.91 Å². The van der Waals surface area contributed by atoms with Crippen LogP contribution in [0.25, 0.3) is 0 Å². The summed E-state index contributed by atoms with van der Waals surface area (Å²) in [4.78, 5) is 12.7. The Labute approximate surface area is 170 Å². The Morgan fingerprint density at radius 3 is 2.66 bits per heavy atom. The molecule has 0 atom stereocenters. The zero-order valence-electron chi connectivity index (χ0n) is 16.0. The summed E-state index contributed by atoms with van der Waals surface area (Å²) in [7, 11) is -3.66. The number of rotatable bonds is 4. The number of benzene rings is 2. The van der Waals surface area contributed by atoms with Crippen LogP contribution < -0.4 is 5.43 Å². The van der Waals surface area contributed by atoms with E-state index in [9.17, 15) is 13.2 Å². The molecule has 4 rings (SSSR count). The highest BCUT2D eigenvalue weighted by Crippen LogP contribution is 2.21. The maximum absolute atomic E-state index is 12.8. The number of hydrogen-bond acceptors (Lipinski definition) is 5. The monoisotopic (exact) mass is 413 g/mol. The molecule has 1 aliphatic heterocycles. The molecule has 2 aliphatic rings. The lowest BCUT2D eigenvalue weighted by atomic mass is 9.90. The van der Waals surface area contributed by atoms with E-state index in [1.54, 1.807) is 12.1 Å². The van der Waals surface area contributed by atoms with Gasteiger partial charge in [0.15, 0.2) is 0 Å². The number of morpholine rings is 1. The first-order chi connectivity index (χ1) is 14.1. The third kappa shape index (κ3) is 4.24. The van der Waals surface area contributed by atoms with Crippen molar-refractivity contribution in [3.8, 4) is 0 Å². The smallest absolute Gasteiger partial charge is 0.271 e. The molecule has 2 aromatic rings. The first kappa shape index (κ1) is 19.8. The van der Waals surface area contributed by atoms with Crippen molar-refractivity contribution in [3.05, 3.63) is 65.2 Å². The van der Waals surface area contributed by atoms with E-state index in [4.69, 9.17) is 4.74 Å². The van der Waals surface area contributed by atoms with Gasteiger partial charge in [0.05, 0.1) is 23.8 Å². The molecular formula is C21H23N3O4S. The number of fused-ring (bicyclic) bond motifs is 1. The van der Waals surface area contributed by atoms with Crippen molar-refractivity contribution >= 4 is 21.6 Å². The summed E-state index contributed by atoms with van der Waals surface area (Å²) in [5, 5.41) is 4.32. The molecule has 1 saturated heterocycles. The lowest BCUT2D eigenvalue weighted by molar-refractivity contribution is 0.0730. The molecule has 1 aliphatic carbocycles. The molecule has 1 amide bonds. The van der Waals surface area contributed by atoms with E-state index < -0.39 is 15.9 Å². The van der Waals surface area contributed by atoms with Gasteiger partial charge in [-0.15, -0.1) is 0 Å². The third-order valence-electron chi connectivity index (χ3n) is 5.18. The zero-order valence-corrected chi connectivity index (χ0v) is 16.8. The average Bonchev–Trinajstić information content (AvgIpc) is 2.78. The number of nitrogens with zero attached hydrogens (tertiary/aromatic N) is 2. The summed E-state index contributed by atoms with van der Waals surface area (Å²) < 4.78 is 32.2. The first-order valence-corrected chi connectivity index (χ1v) is 11.1. The molecule has 1 fully saturated rings. The number of carbonyl (C=O) groups is 1. The molecular weight excluding hydrogens is 390 g/mol. The number of hydrazone groups is 1. The van der Waals surface area contributed by atoms with E-state index in [2.05, 4.69) is 16.6 Å². The maximum atomic E-state index is 12.8. The van der Waals surface area contributed by atoms with Crippen molar-refractivity contribution < 1.29 is 17.9 Å². The molecule has 0 saturated carbocycles. The fourth-order valence-electron chi connectivity index (χ4n) is 3.63. The van der Waals surface area contributed by atoms with Crippen molar-refractivity contribution in [1.82, 2.24) is 9.73 Å². The normalized spacial score (nSPS) is 19.0. The van der Waals surface area contributed by atoms with Crippen LogP contribution in [0.4, 0.5) is 0 Å². The van der Waals surface area contributed by atoms with Crippen molar-refractivity contribution in [2.24, 2.45) is 5.10 Å². The predicted molar refractivity (Wildman–Crippen MR) is 109 cm³/mol. The molecule has 2 aromatic carbocycles. The minimum Gasteiger partial charge on any atom is -0.379 e. The second kappa shape index (κ2) is 8.44. The summed E-state index contributed by atoms with van der Waals surface area (Å²) in [5.74, 6) is -0.431. The molecule has 7 nitrogen and oxygen atoms in total. The summed E-state index contributed by atoms with van der Waals surface area (Å²) in [6, 6.07) is 14.1. The number of hydrogen-bond donors (Lipinski definition) is 1. The summed E-state index contributed by atoms with van der Waals surface area (Å²) in [6.07, 6.45) is 2.78. The van der Waals surface area contributed by atoms with Crippen LogP contribution in [-0.2, 0) is 21.2 Å². The predicted octanol–water partition coefficient (Wildman–Crippen LogP) is 2.18. The molecule has 1 heterocycles. The number of ether oxygens (including phenoxy) is 1. The highest BCUT2D eigenvalue weighted by Gasteiger charge is 2.27. The van der Waals surface area contributed by atoms with Gasteiger partial charge in [0.1, 0.15) is 0 Å². The molecule has 0 radical (unpaired) electrons. The molecule has 0 unspecified atom stereocenters. The van der Waals surface area contributed by atoms with Crippen LogP contribution in [0.2, 0.25) is 0 Å². The summed E-state index contributed by atoms with van der Waals surface area (Å²) >= 11 is 0. The Balaban J connectivity index is 1.53.